The Morgan fingerprint density at radius 2 is 1.84 bits per heavy atom. The number of fused-ring (bicyclic) bond motifs is 2. The minimum atomic E-state index is -0.320. The molecule has 4 nitrogen and oxygen atoms in total. The zero-order valence-electron chi connectivity index (χ0n) is 16.8. The summed E-state index contributed by atoms with van der Waals surface area (Å²) in [4.78, 5) is 12.8. The Morgan fingerprint density at radius 3 is 2.71 bits per heavy atom. The normalized spacial score (nSPS) is 18.0. The topological polar surface area (TPSA) is 44.8 Å². The van der Waals surface area contributed by atoms with Crippen LogP contribution in [0.1, 0.15) is 28.4 Å². The van der Waals surface area contributed by atoms with Crippen LogP contribution in [0.4, 0.5) is 4.39 Å². The maximum absolute atomic E-state index is 13.8. The molecule has 3 aromatic carbocycles. The summed E-state index contributed by atoms with van der Waals surface area (Å²) in [6.45, 7) is 2.02. The summed E-state index contributed by atoms with van der Waals surface area (Å²) in [6, 6.07) is 19.2. The van der Waals surface area contributed by atoms with Crippen LogP contribution in [0.15, 0.2) is 84.1 Å². The van der Waals surface area contributed by atoms with Crippen molar-refractivity contribution < 1.29 is 23.4 Å². The lowest BCUT2D eigenvalue weighted by Gasteiger charge is -2.22. The van der Waals surface area contributed by atoms with E-state index < -0.39 is 0 Å². The van der Waals surface area contributed by atoms with Gasteiger partial charge in [0.25, 0.3) is 0 Å². The molecule has 0 amide bonds. The minimum Gasteiger partial charge on any atom is -0.489 e. The molecule has 154 valence electrons. The second-order valence-electron chi connectivity index (χ2n) is 7.42. The summed E-state index contributed by atoms with van der Waals surface area (Å²) < 4.78 is 31.3. The fraction of sp³-hybridized carbons (Fsp3) is 0.115. The fourth-order valence-corrected chi connectivity index (χ4v) is 3.61. The first-order valence-corrected chi connectivity index (χ1v) is 10.0. The summed E-state index contributed by atoms with van der Waals surface area (Å²) in [5.41, 5.74) is 2.74. The Kier molecular flexibility index (Phi) is 4.79. The molecule has 0 fully saturated rings. The minimum absolute atomic E-state index is 0.0866. The number of halogens is 1. The van der Waals surface area contributed by atoms with Crippen molar-refractivity contribution in [3.63, 3.8) is 0 Å². The van der Waals surface area contributed by atoms with Gasteiger partial charge in [-0.3, -0.25) is 4.79 Å². The van der Waals surface area contributed by atoms with Gasteiger partial charge in [0.1, 0.15) is 35.8 Å². The lowest BCUT2D eigenvalue weighted by Crippen LogP contribution is -2.18. The van der Waals surface area contributed by atoms with E-state index in [9.17, 15) is 9.18 Å². The summed E-state index contributed by atoms with van der Waals surface area (Å²) in [5, 5.41) is 0. The van der Waals surface area contributed by atoms with Gasteiger partial charge in [-0.05, 0) is 48.9 Å². The van der Waals surface area contributed by atoms with Crippen molar-refractivity contribution in [3.05, 3.63) is 107 Å². The maximum Gasteiger partial charge on any atom is 0.231 e. The monoisotopic (exact) mass is 414 g/mol. The van der Waals surface area contributed by atoms with Crippen molar-refractivity contribution in [2.45, 2.75) is 19.6 Å². The van der Waals surface area contributed by atoms with Crippen molar-refractivity contribution in [3.8, 4) is 17.2 Å². The molecule has 0 bridgehead atoms. The van der Waals surface area contributed by atoms with Crippen LogP contribution in [0.3, 0.4) is 0 Å². The maximum atomic E-state index is 13.8. The third-order valence-electron chi connectivity index (χ3n) is 5.31. The van der Waals surface area contributed by atoms with E-state index in [0.717, 1.165) is 16.9 Å². The SMILES string of the molecule is C[C@@H]1Oc2ccccc2C=C1/C=C1\Oc2cc(OCc3ccccc3F)ccc2C1=O. The largest absolute Gasteiger partial charge is 0.489 e. The molecule has 1 atom stereocenters. The first kappa shape index (κ1) is 19.1. The van der Waals surface area contributed by atoms with Crippen molar-refractivity contribution in [1.29, 1.82) is 0 Å². The van der Waals surface area contributed by atoms with Crippen LogP contribution in [-0.2, 0) is 6.61 Å². The zero-order chi connectivity index (χ0) is 21.4. The molecule has 0 aliphatic carbocycles. The van der Waals surface area contributed by atoms with E-state index >= 15 is 0 Å². The molecule has 2 aliphatic heterocycles. The predicted molar refractivity (Wildman–Crippen MR) is 115 cm³/mol. The molecular formula is C26H19FO4. The van der Waals surface area contributed by atoms with E-state index in [-0.39, 0.29) is 30.1 Å². The van der Waals surface area contributed by atoms with E-state index in [4.69, 9.17) is 14.2 Å². The quantitative estimate of drug-likeness (QED) is 0.512. The second kappa shape index (κ2) is 7.76. The van der Waals surface area contributed by atoms with Crippen LogP contribution in [0.2, 0.25) is 0 Å². The van der Waals surface area contributed by atoms with Gasteiger partial charge in [0, 0.05) is 17.2 Å². The average Bonchev–Trinajstić information content (AvgIpc) is 3.08. The van der Waals surface area contributed by atoms with Crippen molar-refractivity contribution >= 4 is 11.9 Å². The van der Waals surface area contributed by atoms with Crippen molar-refractivity contribution in [1.82, 2.24) is 0 Å². The number of ether oxygens (including phenoxy) is 3. The molecule has 0 unspecified atom stereocenters. The van der Waals surface area contributed by atoms with Gasteiger partial charge in [0.05, 0.1) is 5.56 Å². The summed E-state index contributed by atoms with van der Waals surface area (Å²) in [6.07, 6.45) is 3.52. The highest BCUT2D eigenvalue weighted by Gasteiger charge is 2.29. The predicted octanol–water partition coefficient (Wildman–Crippen LogP) is 5.73. The molecule has 5 heteroatoms. The fourth-order valence-electron chi connectivity index (χ4n) is 3.61. The highest BCUT2D eigenvalue weighted by Crippen LogP contribution is 2.36. The number of hydrogen-bond donors (Lipinski definition) is 0. The van der Waals surface area contributed by atoms with Gasteiger partial charge in [-0.2, -0.15) is 0 Å². The molecule has 31 heavy (non-hydrogen) atoms. The molecule has 0 spiro atoms. The molecule has 2 heterocycles. The Hall–Kier alpha value is -3.86. The lowest BCUT2D eigenvalue weighted by molar-refractivity contribution is 0.101. The second-order valence-corrected chi connectivity index (χ2v) is 7.42. The van der Waals surface area contributed by atoms with Crippen LogP contribution in [0.5, 0.6) is 17.2 Å². The molecule has 0 saturated heterocycles. The number of carbonyl (C=O) groups excluding carboxylic acids is 1. The third kappa shape index (κ3) is 3.70. The summed E-state index contributed by atoms with van der Waals surface area (Å²) in [5.74, 6) is 1.46. The van der Waals surface area contributed by atoms with Gasteiger partial charge < -0.3 is 14.2 Å². The van der Waals surface area contributed by atoms with Crippen LogP contribution in [-0.4, -0.2) is 11.9 Å². The van der Waals surface area contributed by atoms with Crippen molar-refractivity contribution in [2.24, 2.45) is 0 Å². The highest BCUT2D eigenvalue weighted by molar-refractivity contribution is 6.12. The smallest absolute Gasteiger partial charge is 0.231 e. The Bertz CT molecular complexity index is 1240. The molecule has 0 saturated carbocycles. The van der Waals surface area contributed by atoms with Gasteiger partial charge >= 0.3 is 0 Å². The molecular weight excluding hydrogens is 395 g/mol. The average molecular weight is 414 g/mol. The number of para-hydroxylation sites is 1. The van der Waals surface area contributed by atoms with Gasteiger partial charge in [0.15, 0.2) is 5.76 Å². The van der Waals surface area contributed by atoms with Crippen LogP contribution in [0.25, 0.3) is 6.08 Å². The van der Waals surface area contributed by atoms with Crippen molar-refractivity contribution in [2.75, 3.05) is 0 Å². The van der Waals surface area contributed by atoms with Gasteiger partial charge in [-0.1, -0.05) is 36.4 Å². The summed E-state index contributed by atoms with van der Waals surface area (Å²) in [7, 11) is 0. The van der Waals surface area contributed by atoms with Gasteiger partial charge in [0.2, 0.25) is 5.78 Å². The van der Waals surface area contributed by atoms with Gasteiger partial charge in [-0.15, -0.1) is 0 Å². The number of carbonyl (C=O) groups is 1. The molecule has 0 radical (unpaired) electrons. The highest BCUT2D eigenvalue weighted by atomic mass is 19.1. The van der Waals surface area contributed by atoms with E-state index in [1.165, 1.54) is 6.07 Å². The standard InChI is InChI=1S/C26H19FO4/c1-16-19(12-17-6-3-5-9-23(17)30-16)13-25-26(28)21-11-10-20(14-24(21)31-25)29-15-18-7-2-4-8-22(18)27/h2-14,16H,15H2,1H3/b25-13-/t16-/m0/s1. The number of hydrogen-bond acceptors (Lipinski definition) is 4. The van der Waals surface area contributed by atoms with E-state index in [1.54, 1.807) is 42.5 Å². The molecule has 0 N–H and O–H groups in total. The number of benzene rings is 3. The van der Waals surface area contributed by atoms with Gasteiger partial charge in [-0.25, -0.2) is 4.39 Å². The Morgan fingerprint density at radius 1 is 1.03 bits per heavy atom. The number of allylic oxidation sites excluding steroid dienone is 1. The third-order valence-corrected chi connectivity index (χ3v) is 5.31. The Balaban J connectivity index is 1.36. The molecule has 3 aromatic rings. The first-order chi connectivity index (χ1) is 15.1. The van der Waals surface area contributed by atoms with E-state index in [2.05, 4.69) is 0 Å². The van der Waals surface area contributed by atoms with Crippen LogP contribution in [0, 0.1) is 5.82 Å². The van der Waals surface area contributed by atoms with E-state index in [0.29, 0.717) is 22.6 Å². The molecule has 2 aliphatic rings. The van der Waals surface area contributed by atoms with E-state index in [1.807, 2.05) is 37.3 Å². The number of rotatable bonds is 4. The lowest BCUT2D eigenvalue weighted by atomic mass is 10.0. The summed E-state index contributed by atoms with van der Waals surface area (Å²) >= 11 is 0. The first-order valence-electron chi connectivity index (χ1n) is 10.0. The van der Waals surface area contributed by atoms with Crippen LogP contribution < -0.4 is 14.2 Å². The number of Topliss-reactive ketones (excluding diaryl/α,β-unsaturated/α-hetero) is 1. The Labute approximate surface area is 179 Å². The molecule has 5 rings (SSSR count). The number of ketones is 1. The zero-order valence-corrected chi connectivity index (χ0v) is 16.8. The van der Waals surface area contributed by atoms with Crippen LogP contribution >= 0.6 is 0 Å². The molecule has 0 aromatic heterocycles.